The van der Waals surface area contributed by atoms with Crippen molar-refractivity contribution in [2.45, 2.75) is 32.7 Å². The molecule has 0 bridgehead atoms. The quantitative estimate of drug-likeness (QED) is 0.659. The highest BCUT2D eigenvalue weighted by Crippen LogP contribution is 2.08. The Morgan fingerprint density at radius 1 is 1.53 bits per heavy atom. The fraction of sp³-hybridized carbons (Fsp3) is 0.909. The molecule has 1 rings (SSSR count). The lowest BCUT2D eigenvalue weighted by Gasteiger charge is -2.16. The van der Waals surface area contributed by atoms with Crippen molar-refractivity contribution < 1.29 is 9.53 Å². The van der Waals surface area contributed by atoms with Crippen molar-refractivity contribution in [2.75, 3.05) is 26.3 Å². The van der Waals surface area contributed by atoms with Crippen LogP contribution < -0.4 is 5.73 Å². The van der Waals surface area contributed by atoms with E-state index in [4.69, 9.17) is 10.5 Å². The minimum absolute atomic E-state index is 0.0717. The standard InChI is InChI=1S/C11H22N2O2/c1-9(2)4-7-15-8-6-13-5-3-10(12)11(13)14/h9-10H,3-8,12H2,1-2H3. The average molecular weight is 214 g/mol. The predicted octanol–water partition coefficient (Wildman–Crippen LogP) is 0.609. The first kappa shape index (κ1) is 12.5. The van der Waals surface area contributed by atoms with Crippen molar-refractivity contribution in [3.05, 3.63) is 0 Å². The molecule has 1 unspecified atom stereocenters. The zero-order valence-electron chi connectivity index (χ0n) is 9.74. The Morgan fingerprint density at radius 2 is 2.27 bits per heavy atom. The monoisotopic (exact) mass is 214 g/mol. The van der Waals surface area contributed by atoms with E-state index < -0.39 is 0 Å². The predicted molar refractivity (Wildman–Crippen MR) is 59.4 cm³/mol. The third-order valence-corrected chi connectivity index (χ3v) is 2.68. The van der Waals surface area contributed by atoms with Gasteiger partial charge < -0.3 is 15.4 Å². The Kier molecular flexibility index (Phi) is 5.05. The van der Waals surface area contributed by atoms with Gasteiger partial charge in [0, 0.05) is 19.7 Å². The van der Waals surface area contributed by atoms with Gasteiger partial charge >= 0.3 is 0 Å². The van der Waals surface area contributed by atoms with Gasteiger partial charge in [-0.15, -0.1) is 0 Å². The van der Waals surface area contributed by atoms with Crippen LogP contribution in [0.2, 0.25) is 0 Å². The van der Waals surface area contributed by atoms with Gasteiger partial charge in [-0.25, -0.2) is 0 Å². The first-order valence-corrected chi connectivity index (χ1v) is 5.73. The summed E-state index contributed by atoms with van der Waals surface area (Å²) in [5.74, 6) is 0.745. The maximum Gasteiger partial charge on any atom is 0.239 e. The van der Waals surface area contributed by atoms with Crippen LogP contribution in [0.5, 0.6) is 0 Å². The molecule has 0 aromatic rings. The van der Waals surface area contributed by atoms with Crippen LogP contribution in [0.1, 0.15) is 26.7 Å². The maximum absolute atomic E-state index is 11.4. The minimum Gasteiger partial charge on any atom is -0.380 e. The van der Waals surface area contributed by atoms with Crippen LogP contribution in [0.15, 0.2) is 0 Å². The number of carbonyl (C=O) groups excluding carboxylic acids is 1. The van der Waals surface area contributed by atoms with E-state index in [0.717, 1.165) is 26.0 Å². The van der Waals surface area contributed by atoms with Crippen LogP contribution in [0.25, 0.3) is 0 Å². The van der Waals surface area contributed by atoms with Gasteiger partial charge in [-0.1, -0.05) is 13.8 Å². The van der Waals surface area contributed by atoms with Gasteiger partial charge in [0.2, 0.25) is 5.91 Å². The number of hydrogen-bond acceptors (Lipinski definition) is 3. The van der Waals surface area contributed by atoms with E-state index in [1.165, 1.54) is 0 Å². The summed E-state index contributed by atoms with van der Waals surface area (Å²) >= 11 is 0. The van der Waals surface area contributed by atoms with Crippen LogP contribution in [-0.2, 0) is 9.53 Å². The van der Waals surface area contributed by atoms with E-state index in [1.54, 1.807) is 4.90 Å². The Balaban J connectivity index is 2.03. The summed E-state index contributed by atoms with van der Waals surface area (Å²) < 4.78 is 5.46. The van der Waals surface area contributed by atoms with Crippen molar-refractivity contribution in [2.24, 2.45) is 11.7 Å². The second-order valence-electron chi connectivity index (χ2n) is 4.52. The molecule has 4 heteroatoms. The average Bonchev–Trinajstić information content (AvgIpc) is 2.48. The highest BCUT2D eigenvalue weighted by atomic mass is 16.5. The Morgan fingerprint density at radius 3 is 2.80 bits per heavy atom. The van der Waals surface area contributed by atoms with Crippen molar-refractivity contribution in [3.63, 3.8) is 0 Å². The lowest BCUT2D eigenvalue weighted by atomic mass is 10.1. The fourth-order valence-electron chi connectivity index (χ4n) is 1.58. The first-order chi connectivity index (χ1) is 7.11. The molecule has 1 amide bonds. The maximum atomic E-state index is 11.4. The van der Waals surface area contributed by atoms with Gasteiger partial charge in [-0.05, 0) is 18.8 Å². The molecule has 0 radical (unpaired) electrons. The largest absolute Gasteiger partial charge is 0.380 e. The van der Waals surface area contributed by atoms with Gasteiger partial charge in [-0.2, -0.15) is 0 Å². The van der Waals surface area contributed by atoms with Gasteiger partial charge in [0.25, 0.3) is 0 Å². The lowest BCUT2D eigenvalue weighted by Crippen LogP contribution is -2.35. The van der Waals surface area contributed by atoms with Gasteiger partial charge in [-0.3, -0.25) is 4.79 Å². The van der Waals surface area contributed by atoms with Crippen LogP contribution in [0, 0.1) is 5.92 Å². The highest BCUT2D eigenvalue weighted by molar-refractivity contribution is 5.83. The summed E-state index contributed by atoms with van der Waals surface area (Å²) in [6, 6.07) is -0.277. The molecule has 1 heterocycles. The second-order valence-corrected chi connectivity index (χ2v) is 4.52. The van der Waals surface area contributed by atoms with Crippen molar-refractivity contribution in [3.8, 4) is 0 Å². The summed E-state index contributed by atoms with van der Waals surface area (Å²) in [5, 5.41) is 0. The smallest absolute Gasteiger partial charge is 0.239 e. The molecule has 2 N–H and O–H groups in total. The van der Waals surface area contributed by atoms with Crippen LogP contribution in [-0.4, -0.2) is 43.2 Å². The molecule has 15 heavy (non-hydrogen) atoms. The molecule has 0 spiro atoms. The number of likely N-dealkylation sites (tertiary alicyclic amines) is 1. The van der Waals surface area contributed by atoms with Gasteiger partial charge in [0.1, 0.15) is 0 Å². The number of ether oxygens (including phenoxy) is 1. The van der Waals surface area contributed by atoms with E-state index in [1.807, 2.05) is 0 Å². The zero-order valence-corrected chi connectivity index (χ0v) is 9.74. The number of hydrogen-bond donors (Lipinski definition) is 1. The summed E-state index contributed by atoms with van der Waals surface area (Å²) in [6.07, 6.45) is 1.86. The van der Waals surface area contributed by atoms with E-state index in [9.17, 15) is 4.79 Å². The van der Waals surface area contributed by atoms with E-state index >= 15 is 0 Å². The normalized spacial score (nSPS) is 21.7. The van der Waals surface area contributed by atoms with Crippen LogP contribution in [0.3, 0.4) is 0 Å². The SMILES string of the molecule is CC(C)CCOCCN1CCC(N)C1=O. The third kappa shape index (κ3) is 4.18. The number of rotatable bonds is 6. The molecule has 0 aromatic heterocycles. The summed E-state index contributed by atoms with van der Waals surface area (Å²) in [4.78, 5) is 13.2. The highest BCUT2D eigenvalue weighted by Gasteiger charge is 2.27. The van der Waals surface area contributed by atoms with Gasteiger partial charge in [0.15, 0.2) is 0 Å². The molecule has 1 aliphatic heterocycles. The number of carbonyl (C=O) groups is 1. The van der Waals surface area contributed by atoms with Crippen molar-refractivity contribution in [1.82, 2.24) is 4.90 Å². The Bertz CT molecular complexity index is 207. The number of nitrogens with two attached hydrogens (primary N) is 1. The molecular weight excluding hydrogens is 192 g/mol. The molecule has 4 nitrogen and oxygen atoms in total. The summed E-state index contributed by atoms with van der Waals surface area (Å²) in [5.41, 5.74) is 5.61. The Hall–Kier alpha value is -0.610. The van der Waals surface area contributed by atoms with E-state index in [-0.39, 0.29) is 11.9 Å². The minimum atomic E-state index is -0.277. The summed E-state index contributed by atoms with van der Waals surface area (Å²) in [6.45, 7) is 7.23. The van der Waals surface area contributed by atoms with E-state index in [0.29, 0.717) is 19.1 Å². The molecule has 88 valence electrons. The van der Waals surface area contributed by atoms with E-state index in [2.05, 4.69) is 13.8 Å². The molecule has 1 fully saturated rings. The molecular formula is C11H22N2O2. The zero-order chi connectivity index (χ0) is 11.3. The third-order valence-electron chi connectivity index (χ3n) is 2.68. The molecule has 1 aliphatic rings. The Labute approximate surface area is 91.8 Å². The first-order valence-electron chi connectivity index (χ1n) is 5.73. The lowest BCUT2D eigenvalue weighted by molar-refractivity contribution is -0.129. The van der Waals surface area contributed by atoms with Crippen LogP contribution >= 0.6 is 0 Å². The van der Waals surface area contributed by atoms with Crippen LogP contribution in [0.4, 0.5) is 0 Å². The number of amides is 1. The summed E-state index contributed by atoms with van der Waals surface area (Å²) in [7, 11) is 0. The topological polar surface area (TPSA) is 55.6 Å². The molecule has 1 atom stereocenters. The number of nitrogens with zero attached hydrogens (tertiary/aromatic N) is 1. The van der Waals surface area contributed by atoms with Gasteiger partial charge in [0.05, 0.1) is 12.6 Å². The molecule has 1 saturated heterocycles. The molecule has 0 aliphatic carbocycles. The molecule has 0 aromatic carbocycles. The second kappa shape index (κ2) is 6.08. The molecule has 0 saturated carbocycles. The van der Waals surface area contributed by atoms with Crippen molar-refractivity contribution in [1.29, 1.82) is 0 Å². The van der Waals surface area contributed by atoms with Crippen molar-refractivity contribution >= 4 is 5.91 Å². The fourth-order valence-corrected chi connectivity index (χ4v) is 1.58.